The van der Waals surface area contributed by atoms with E-state index in [4.69, 9.17) is 0 Å². The van der Waals surface area contributed by atoms with Crippen LogP contribution in [0.5, 0.6) is 0 Å². The van der Waals surface area contributed by atoms with Crippen molar-refractivity contribution in [3.63, 3.8) is 0 Å². The molecule has 0 aliphatic carbocycles. The molecule has 0 saturated heterocycles. The van der Waals surface area contributed by atoms with Crippen LogP contribution >= 0.6 is 0 Å². The molecule has 0 bridgehead atoms. The fourth-order valence-corrected chi connectivity index (χ4v) is 1.91. The van der Waals surface area contributed by atoms with Crippen LogP contribution in [-0.2, 0) is 12.8 Å². The maximum atomic E-state index is 12.5. The summed E-state index contributed by atoms with van der Waals surface area (Å²) in [6.45, 7) is 3.44. The third kappa shape index (κ3) is 2.67. The van der Waals surface area contributed by atoms with Gasteiger partial charge in [0.15, 0.2) is 0 Å². The molecule has 7 heteroatoms. The van der Waals surface area contributed by atoms with Gasteiger partial charge in [-0.15, -0.1) is 5.10 Å². The second-order valence-electron chi connectivity index (χ2n) is 4.66. The van der Waals surface area contributed by atoms with Crippen molar-refractivity contribution >= 4 is 0 Å². The first-order valence-corrected chi connectivity index (χ1v) is 6.07. The lowest BCUT2D eigenvalue weighted by Gasteiger charge is -2.12. The number of aromatic nitrogens is 3. The van der Waals surface area contributed by atoms with Crippen molar-refractivity contribution in [2.75, 3.05) is 0 Å². The minimum absolute atomic E-state index is 0.0138. The summed E-state index contributed by atoms with van der Waals surface area (Å²) >= 11 is 0. The molecule has 1 aromatic heterocycles. The van der Waals surface area contributed by atoms with E-state index in [0.717, 1.165) is 12.1 Å². The predicted octanol–water partition coefficient (Wildman–Crippen LogP) is 3.04. The van der Waals surface area contributed by atoms with E-state index < -0.39 is 11.7 Å². The first kappa shape index (κ1) is 14.5. The molecule has 20 heavy (non-hydrogen) atoms. The number of hydrogen-bond acceptors (Lipinski definition) is 3. The first-order chi connectivity index (χ1) is 9.34. The van der Waals surface area contributed by atoms with Gasteiger partial charge in [0.1, 0.15) is 5.69 Å². The van der Waals surface area contributed by atoms with Crippen molar-refractivity contribution < 1.29 is 18.3 Å². The zero-order valence-corrected chi connectivity index (χ0v) is 11.0. The lowest BCUT2D eigenvalue weighted by molar-refractivity contribution is -0.137. The maximum absolute atomic E-state index is 12.5. The Morgan fingerprint density at radius 1 is 1.20 bits per heavy atom. The van der Waals surface area contributed by atoms with Crippen LogP contribution in [0.15, 0.2) is 24.3 Å². The van der Waals surface area contributed by atoms with Crippen LogP contribution in [0, 0.1) is 0 Å². The van der Waals surface area contributed by atoms with Crippen molar-refractivity contribution in [1.29, 1.82) is 0 Å². The molecule has 1 N–H and O–H groups in total. The number of nitrogens with zero attached hydrogens (tertiary/aromatic N) is 3. The molecule has 4 nitrogen and oxygen atoms in total. The Hall–Kier alpha value is -1.89. The Bertz CT molecular complexity index is 588. The number of rotatable bonds is 3. The predicted molar refractivity (Wildman–Crippen MR) is 66.8 cm³/mol. The van der Waals surface area contributed by atoms with E-state index in [0.29, 0.717) is 17.0 Å². The Balaban J connectivity index is 2.49. The van der Waals surface area contributed by atoms with Crippen molar-refractivity contribution in [3.05, 3.63) is 35.5 Å². The highest BCUT2D eigenvalue weighted by molar-refractivity contribution is 5.62. The van der Waals surface area contributed by atoms with Gasteiger partial charge in [-0.3, -0.25) is 0 Å². The van der Waals surface area contributed by atoms with Crippen molar-refractivity contribution in [3.8, 4) is 11.3 Å². The van der Waals surface area contributed by atoms with Crippen molar-refractivity contribution in [2.24, 2.45) is 0 Å². The van der Waals surface area contributed by atoms with Crippen LogP contribution in [0.2, 0.25) is 0 Å². The minimum Gasteiger partial charge on any atom is -0.390 e. The Morgan fingerprint density at radius 3 is 2.25 bits per heavy atom. The summed E-state index contributed by atoms with van der Waals surface area (Å²) in [5.41, 5.74) is 0.714. The molecule has 2 aromatic rings. The number of benzene rings is 1. The van der Waals surface area contributed by atoms with Gasteiger partial charge >= 0.3 is 6.18 Å². The van der Waals surface area contributed by atoms with E-state index in [9.17, 15) is 18.3 Å². The molecular formula is C13H14F3N3O. The summed E-state index contributed by atoms with van der Waals surface area (Å²) in [7, 11) is 0. The molecule has 0 aliphatic rings. The van der Waals surface area contributed by atoms with Gasteiger partial charge in [0, 0.05) is 11.6 Å². The van der Waals surface area contributed by atoms with E-state index in [2.05, 4.69) is 10.3 Å². The van der Waals surface area contributed by atoms with Crippen molar-refractivity contribution in [1.82, 2.24) is 15.0 Å². The van der Waals surface area contributed by atoms with Gasteiger partial charge in [-0.05, 0) is 26.0 Å². The molecular weight excluding hydrogens is 271 g/mol. The number of alkyl halides is 3. The summed E-state index contributed by atoms with van der Waals surface area (Å²) < 4.78 is 39.2. The van der Waals surface area contributed by atoms with Crippen LogP contribution in [-0.4, -0.2) is 20.1 Å². The van der Waals surface area contributed by atoms with Gasteiger partial charge in [-0.2, -0.15) is 13.2 Å². The lowest BCUT2D eigenvalue weighted by atomic mass is 10.1. The van der Waals surface area contributed by atoms with Crippen LogP contribution in [0.3, 0.4) is 0 Å². The van der Waals surface area contributed by atoms with Gasteiger partial charge < -0.3 is 5.11 Å². The number of aliphatic hydroxyl groups is 1. The lowest BCUT2D eigenvalue weighted by Crippen LogP contribution is -2.07. The molecule has 0 fully saturated rings. The highest BCUT2D eigenvalue weighted by Gasteiger charge is 2.30. The summed E-state index contributed by atoms with van der Waals surface area (Å²) in [6.07, 6.45) is -4.37. The molecule has 0 radical (unpaired) electrons. The average Bonchev–Trinajstić information content (AvgIpc) is 2.81. The highest BCUT2D eigenvalue weighted by Crippen LogP contribution is 2.32. The summed E-state index contributed by atoms with van der Waals surface area (Å²) in [5, 5.41) is 17.0. The Kier molecular flexibility index (Phi) is 3.80. The van der Waals surface area contributed by atoms with E-state index in [1.54, 1.807) is 4.68 Å². The Labute approximate surface area is 113 Å². The minimum atomic E-state index is -4.37. The molecule has 0 amide bonds. The molecule has 2 rings (SSSR count). The van der Waals surface area contributed by atoms with Gasteiger partial charge in [0.2, 0.25) is 0 Å². The summed E-state index contributed by atoms with van der Waals surface area (Å²) in [5.74, 6) is 0. The van der Waals surface area contributed by atoms with Gasteiger partial charge in [-0.1, -0.05) is 17.3 Å². The second kappa shape index (κ2) is 5.24. The molecule has 0 unspecified atom stereocenters. The third-order valence-electron chi connectivity index (χ3n) is 2.89. The monoisotopic (exact) mass is 285 g/mol. The number of halogens is 3. The Morgan fingerprint density at radius 2 is 1.80 bits per heavy atom. The molecule has 1 heterocycles. The van der Waals surface area contributed by atoms with Crippen LogP contribution in [0.1, 0.15) is 31.1 Å². The molecule has 0 aliphatic heterocycles. The topological polar surface area (TPSA) is 50.9 Å². The van der Waals surface area contributed by atoms with E-state index >= 15 is 0 Å². The quantitative estimate of drug-likeness (QED) is 0.943. The third-order valence-corrected chi connectivity index (χ3v) is 2.89. The SMILES string of the molecule is CC(C)n1nnc(CO)c1-c1ccc(C(F)(F)F)cc1. The van der Waals surface area contributed by atoms with Crippen LogP contribution < -0.4 is 0 Å². The second-order valence-corrected chi connectivity index (χ2v) is 4.66. The summed E-state index contributed by atoms with van der Waals surface area (Å²) in [6, 6.07) is 4.72. The van der Waals surface area contributed by atoms with Crippen LogP contribution in [0.4, 0.5) is 13.2 Å². The van der Waals surface area contributed by atoms with E-state index in [-0.39, 0.29) is 12.6 Å². The van der Waals surface area contributed by atoms with Gasteiger partial charge in [0.25, 0.3) is 0 Å². The van der Waals surface area contributed by atoms with Crippen LogP contribution in [0.25, 0.3) is 11.3 Å². The standard InChI is InChI=1S/C13H14F3N3O/c1-8(2)19-12(11(7-20)17-18-19)9-3-5-10(6-4-9)13(14,15)16/h3-6,8,20H,7H2,1-2H3. The summed E-state index contributed by atoms with van der Waals surface area (Å²) in [4.78, 5) is 0. The van der Waals surface area contributed by atoms with E-state index in [1.165, 1.54) is 12.1 Å². The largest absolute Gasteiger partial charge is 0.416 e. The van der Waals surface area contributed by atoms with Crippen molar-refractivity contribution in [2.45, 2.75) is 32.7 Å². The zero-order valence-electron chi connectivity index (χ0n) is 11.0. The average molecular weight is 285 g/mol. The molecule has 1 aromatic carbocycles. The number of hydrogen-bond donors (Lipinski definition) is 1. The first-order valence-electron chi connectivity index (χ1n) is 6.07. The number of aliphatic hydroxyl groups excluding tert-OH is 1. The molecule has 0 atom stereocenters. The zero-order chi connectivity index (χ0) is 14.9. The van der Waals surface area contributed by atoms with Gasteiger partial charge in [-0.25, -0.2) is 4.68 Å². The fraction of sp³-hybridized carbons (Fsp3) is 0.385. The fourth-order valence-electron chi connectivity index (χ4n) is 1.91. The maximum Gasteiger partial charge on any atom is 0.416 e. The smallest absolute Gasteiger partial charge is 0.390 e. The van der Waals surface area contributed by atoms with E-state index in [1.807, 2.05) is 13.8 Å². The highest BCUT2D eigenvalue weighted by atomic mass is 19.4. The molecule has 0 spiro atoms. The molecule has 108 valence electrons. The molecule has 0 saturated carbocycles. The normalized spacial score (nSPS) is 12.2. The van der Waals surface area contributed by atoms with Gasteiger partial charge in [0.05, 0.1) is 17.9 Å².